The van der Waals surface area contributed by atoms with Crippen molar-refractivity contribution in [2.75, 3.05) is 0 Å². The topological polar surface area (TPSA) is 55.1 Å². The van der Waals surface area contributed by atoms with E-state index in [0.29, 0.717) is 16.8 Å². The van der Waals surface area contributed by atoms with Gasteiger partial charge in [-0.3, -0.25) is 4.79 Å². The summed E-state index contributed by atoms with van der Waals surface area (Å²) in [5.74, 6) is 3.56. The maximum atomic E-state index is 12.3. The van der Waals surface area contributed by atoms with Crippen LogP contribution in [0.25, 0.3) is 0 Å². The first-order valence-corrected chi connectivity index (χ1v) is 7.64. The second-order valence-corrected chi connectivity index (χ2v) is 6.74. The number of hydrogen-bond donors (Lipinski definition) is 2. The first-order valence-electron chi connectivity index (χ1n) is 7.23. The Bertz CT molecular complexity index is 368. The van der Waals surface area contributed by atoms with Gasteiger partial charge < -0.3 is 11.1 Å². The monoisotopic (exact) mass is 266 g/mol. The van der Waals surface area contributed by atoms with Crippen molar-refractivity contribution in [3.8, 4) is 0 Å². The van der Waals surface area contributed by atoms with Crippen molar-refractivity contribution in [3.05, 3.63) is 0 Å². The van der Waals surface area contributed by atoms with Crippen LogP contribution in [0.1, 0.15) is 39.0 Å². The molecule has 2 bridgehead atoms. The fraction of sp³-hybridized carbons (Fsp3) is 0.857. The van der Waals surface area contributed by atoms with Crippen molar-refractivity contribution < 1.29 is 4.79 Å². The Morgan fingerprint density at radius 2 is 2.00 bits per heavy atom. The van der Waals surface area contributed by atoms with Gasteiger partial charge in [0.15, 0.2) is 0 Å². The average molecular weight is 266 g/mol. The lowest BCUT2D eigenvalue weighted by atomic mass is 10.0. The van der Waals surface area contributed by atoms with E-state index in [1.165, 1.54) is 19.3 Å². The summed E-state index contributed by atoms with van der Waals surface area (Å²) in [6.07, 6.45) is 5.93. The summed E-state index contributed by atoms with van der Waals surface area (Å²) in [4.78, 5) is 12.7. The number of fused-ring (bicyclic) bond motifs is 5. The van der Waals surface area contributed by atoms with E-state index in [-0.39, 0.29) is 17.9 Å². The molecule has 0 spiro atoms. The van der Waals surface area contributed by atoms with Crippen molar-refractivity contribution in [2.24, 2.45) is 35.3 Å². The minimum absolute atomic E-state index is 0.100. The lowest BCUT2D eigenvalue weighted by Crippen LogP contribution is -2.44. The summed E-state index contributed by atoms with van der Waals surface area (Å²) < 4.78 is 0. The predicted octanol–water partition coefficient (Wildman–Crippen LogP) is 1.85. The molecule has 3 rings (SSSR count). The molecule has 5 unspecified atom stereocenters. The summed E-state index contributed by atoms with van der Waals surface area (Å²) in [5, 5.41) is 3.07. The van der Waals surface area contributed by atoms with Gasteiger partial charge in [-0.05, 0) is 49.4 Å². The van der Waals surface area contributed by atoms with Gasteiger partial charge in [0.05, 0.1) is 11.0 Å². The Kier molecular flexibility index (Phi) is 3.08. The number of amides is 1. The summed E-state index contributed by atoms with van der Waals surface area (Å²) in [7, 11) is 0. The van der Waals surface area contributed by atoms with Gasteiger partial charge in [-0.2, -0.15) is 0 Å². The van der Waals surface area contributed by atoms with E-state index >= 15 is 0 Å². The first kappa shape index (κ1) is 12.4. The molecule has 0 aromatic heterocycles. The largest absolute Gasteiger partial charge is 0.392 e. The van der Waals surface area contributed by atoms with Crippen LogP contribution in [-0.4, -0.2) is 16.9 Å². The lowest BCUT2D eigenvalue weighted by molar-refractivity contribution is -0.123. The molecule has 3 saturated carbocycles. The molecular weight excluding hydrogens is 244 g/mol. The standard InChI is InChI=1S/C14H22N2OS/c1-2-3-9(13(15)18)16-14(17)12-10-7-4-5-8(6-7)11(10)12/h7-12H,2-6H2,1H3,(H2,15,18)(H,16,17). The number of carbonyl (C=O) groups excluding carboxylic acids is 1. The summed E-state index contributed by atoms with van der Waals surface area (Å²) in [6.45, 7) is 2.09. The van der Waals surface area contributed by atoms with Gasteiger partial charge in [0.25, 0.3) is 0 Å². The van der Waals surface area contributed by atoms with Crippen LogP contribution < -0.4 is 11.1 Å². The molecule has 5 atom stereocenters. The summed E-state index contributed by atoms with van der Waals surface area (Å²) in [5.41, 5.74) is 5.69. The Morgan fingerprint density at radius 3 is 2.50 bits per heavy atom. The Morgan fingerprint density at radius 1 is 1.39 bits per heavy atom. The number of nitrogens with one attached hydrogen (secondary N) is 1. The smallest absolute Gasteiger partial charge is 0.224 e. The van der Waals surface area contributed by atoms with Crippen LogP contribution in [0.5, 0.6) is 0 Å². The molecule has 0 radical (unpaired) electrons. The highest BCUT2D eigenvalue weighted by Crippen LogP contribution is 2.69. The molecule has 3 N–H and O–H groups in total. The Balaban J connectivity index is 1.58. The zero-order valence-corrected chi connectivity index (χ0v) is 11.7. The molecule has 4 heteroatoms. The third-order valence-electron chi connectivity index (χ3n) is 5.28. The molecule has 3 aliphatic carbocycles. The molecule has 0 aromatic carbocycles. The molecular formula is C14H22N2OS. The van der Waals surface area contributed by atoms with Crippen molar-refractivity contribution in [2.45, 2.75) is 45.1 Å². The fourth-order valence-corrected chi connectivity index (χ4v) is 4.69. The van der Waals surface area contributed by atoms with Gasteiger partial charge in [-0.25, -0.2) is 0 Å². The van der Waals surface area contributed by atoms with Crippen molar-refractivity contribution in [3.63, 3.8) is 0 Å². The van der Waals surface area contributed by atoms with Crippen LogP contribution in [0.4, 0.5) is 0 Å². The van der Waals surface area contributed by atoms with E-state index in [9.17, 15) is 4.79 Å². The van der Waals surface area contributed by atoms with E-state index in [4.69, 9.17) is 18.0 Å². The van der Waals surface area contributed by atoms with E-state index in [0.717, 1.165) is 24.7 Å². The normalized spacial score (nSPS) is 41.3. The lowest BCUT2D eigenvalue weighted by Gasteiger charge is -2.18. The average Bonchev–Trinajstić information content (AvgIpc) is 2.78. The molecule has 3 fully saturated rings. The number of rotatable bonds is 5. The highest BCUT2D eigenvalue weighted by Gasteiger charge is 2.67. The Labute approximate surface area is 114 Å². The summed E-state index contributed by atoms with van der Waals surface area (Å²) in [6, 6.07) is -0.100. The molecule has 1 amide bonds. The molecule has 100 valence electrons. The second-order valence-electron chi connectivity index (χ2n) is 6.27. The van der Waals surface area contributed by atoms with Crippen LogP contribution in [0.3, 0.4) is 0 Å². The second kappa shape index (κ2) is 4.48. The first-order chi connectivity index (χ1) is 8.63. The van der Waals surface area contributed by atoms with Crippen molar-refractivity contribution in [1.82, 2.24) is 5.32 Å². The third kappa shape index (κ3) is 1.85. The minimum Gasteiger partial charge on any atom is -0.392 e. The molecule has 0 saturated heterocycles. The predicted molar refractivity (Wildman–Crippen MR) is 74.9 cm³/mol. The zero-order chi connectivity index (χ0) is 12.9. The maximum Gasteiger partial charge on any atom is 0.224 e. The molecule has 0 aliphatic heterocycles. The molecule has 0 aromatic rings. The highest BCUT2D eigenvalue weighted by atomic mass is 32.1. The van der Waals surface area contributed by atoms with E-state index < -0.39 is 0 Å². The fourth-order valence-electron chi connectivity index (χ4n) is 4.52. The van der Waals surface area contributed by atoms with Crippen LogP contribution >= 0.6 is 12.2 Å². The van der Waals surface area contributed by atoms with Crippen molar-refractivity contribution >= 4 is 23.1 Å². The van der Waals surface area contributed by atoms with E-state index in [1.54, 1.807) is 0 Å². The number of carbonyl (C=O) groups is 1. The summed E-state index contributed by atoms with van der Waals surface area (Å²) >= 11 is 5.03. The van der Waals surface area contributed by atoms with Gasteiger partial charge in [0.1, 0.15) is 0 Å². The van der Waals surface area contributed by atoms with Crippen LogP contribution in [0.2, 0.25) is 0 Å². The van der Waals surface area contributed by atoms with Gasteiger partial charge >= 0.3 is 0 Å². The van der Waals surface area contributed by atoms with Gasteiger partial charge in [-0.1, -0.05) is 25.6 Å². The Hall–Kier alpha value is -0.640. The zero-order valence-electron chi connectivity index (χ0n) is 10.9. The maximum absolute atomic E-state index is 12.3. The van der Waals surface area contributed by atoms with Gasteiger partial charge in [0, 0.05) is 5.92 Å². The molecule has 18 heavy (non-hydrogen) atoms. The van der Waals surface area contributed by atoms with E-state index in [1.807, 2.05) is 0 Å². The van der Waals surface area contributed by atoms with Gasteiger partial charge in [-0.15, -0.1) is 0 Å². The SMILES string of the molecule is CCCC(NC(=O)C1C2C3CCC(C3)C12)C(N)=S. The molecule has 3 aliphatic rings. The van der Waals surface area contributed by atoms with Crippen LogP contribution in [0, 0.1) is 29.6 Å². The van der Waals surface area contributed by atoms with Crippen molar-refractivity contribution in [1.29, 1.82) is 0 Å². The quantitative estimate of drug-likeness (QED) is 0.747. The van der Waals surface area contributed by atoms with E-state index in [2.05, 4.69) is 12.2 Å². The molecule has 3 nitrogen and oxygen atoms in total. The highest BCUT2D eigenvalue weighted by molar-refractivity contribution is 7.80. The third-order valence-corrected chi connectivity index (χ3v) is 5.56. The van der Waals surface area contributed by atoms with Crippen LogP contribution in [-0.2, 0) is 4.79 Å². The number of thiocarbonyl (C=S) groups is 1. The van der Waals surface area contributed by atoms with Crippen LogP contribution in [0.15, 0.2) is 0 Å². The molecule has 0 heterocycles. The number of hydrogen-bond acceptors (Lipinski definition) is 2. The minimum atomic E-state index is -0.100. The number of nitrogens with two attached hydrogens (primary N) is 1. The van der Waals surface area contributed by atoms with Gasteiger partial charge in [0.2, 0.25) is 5.91 Å².